The number of likely N-dealkylation sites (tertiary alicyclic amines) is 2. The molecule has 0 aromatic carbocycles. The molecule has 2 aliphatic rings. The van der Waals surface area contributed by atoms with E-state index in [1.807, 2.05) is 18.3 Å². The molecule has 0 amide bonds. The van der Waals surface area contributed by atoms with Crippen LogP contribution in [0.3, 0.4) is 0 Å². The summed E-state index contributed by atoms with van der Waals surface area (Å²) in [6.45, 7) is 3.28. The van der Waals surface area contributed by atoms with Crippen LogP contribution in [-0.2, 0) is 20.1 Å². The molecular formula is C17H20BrF2N5. The molecule has 2 aliphatic heterocycles. The van der Waals surface area contributed by atoms with E-state index in [-0.39, 0.29) is 5.69 Å². The summed E-state index contributed by atoms with van der Waals surface area (Å²) in [4.78, 5) is 9.22. The summed E-state index contributed by atoms with van der Waals surface area (Å²) in [5, 5.41) is 3.91. The van der Waals surface area contributed by atoms with E-state index in [4.69, 9.17) is 0 Å². The van der Waals surface area contributed by atoms with E-state index in [1.54, 1.807) is 13.2 Å². The van der Waals surface area contributed by atoms with Gasteiger partial charge in [-0.25, -0.2) is 8.78 Å². The van der Waals surface area contributed by atoms with Crippen LogP contribution < -0.4 is 0 Å². The highest BCUT2D eigenvalue weighted by molar-refractivity contribution is 9.10. The van der Waals surface area contributed by atoms with Gasteiger partial charge in [0.2, 0.25) is 0 Å². The van der Waals surface area contributed by atoms with Gasteiger partial charge >= 0.3 is 0 Å². The number of hydrogen-bond acceptors (Lipinski definition) is 4. The Morgan fingerprint density at radius 2 is 1.92 bits per heavy atom. The molecule has 4 rings (SSSR count). The number of pyridine rings is 1. The summed E-state index contributed by atoms with van der Waals surface area (Å²) in [5.74, 6) is 0. The molecule has 2 unspecified atom stereocenters. The fourth-order valence-electron chi connectivity index (χ4n) is 4.01. The van der Waals surface area contributed by atoms with Gasteiger partial charge in [0.05, 0.1) is 5.69 Å². The van der Waals surface area contributed by atoms with E-state index < -0.39 is 6.43 Å². The Morgan fingerprint density at radius 1 is 1.20 bits per heavy atom. The molecule has 4 heterocycles. The summed E-state index contributed by atoms with van der Waals surface area (Å²) in [7, 11) is 1.69. The monoisotopic (exact) mass is 411 g/mol. The van der Waals surface area contributed by atoms with Crippen LogP contribution in [0, 0.1) is 0 Å². The number of aromatic nitrogens is 3. The molecule has 0 radical (unpaired) electrons. The van der Waals surface area contributed by atoms with E-state index in [0.717, 1.165) is 36.2 Å². The second-order valence-corrected chi connectivity index (χ2v) is 7.80. The molecule has 2 atom stereocenters. The van der Waals surface area contributed by atoms with Crippen molar-refractivity contribution in [2.45, 2.75) is 38.0 Å². The smallest absolute Gasteiger partial charge is 0.282 e. The Balaban J connectivity index is 1.39. The molecule has 25 heavy (non-hydrogen) atoms. The van der Waals surface area contributed by atoms with Crippen LogP contribution in [0.25, 0.3) is 0 Å². The van der Waals surface area contributed by atoms with E-state index in [9.17, 15) is 8.78 Å². The zero-order valence-corrected chi connectivity index (χ0v) is 15.5. The third kappa shape index (κ3) is 3.47. The first-order valence-corrected chi connectivity index (χ1v) is 9.18. The summed E-state index contributed by atoms with van der Waals surface area (Å²) in [6.07, 6.45) is 2.12. The lowest BCUT2D eigenvalue weighted by Gasteiger charge is -2.34. The molecule has 5 nitrogen and oxygen atoms in total. The highest BCUT2D eigenvalue weighted by Crippen LogP contribution is 2.34. The Bertz CT molecular complexity index is 748. The molecule has 0 N–H and O–H groups in total. The van der Waals surface area contributed by atoms with Crippen molar-refractivity contribution in [3.05, 3.63) is 46.0 Å². The maximum Gasteiger partial charge on any atom is 0.282 e. The van der Waals surface area contributed by atoms with Gasteiger partial charge in [0.1, 0.15) is 5.69 Å². The number of nitrogens with zero attached hydrogens (tertiary/aromatic N) is 5. The van der Waals surface area contributed by atoms with Gasteiger partial charge in [-0.3, -0.25) is 19.5 Å². The second kappa shape index (κ2) is 6.74. The zero-order valence-electron chi connectivity index (χ0n) is 13.9. The minimum Gasteiger partial charge on any atom is -0.293 e. The minimum atomic E-state index is -2.52. The van der Waals surface area contributed by atoms with Crippen LogP contribution in [-0.4, -0.2) is 49.7 Å². The van der Waals surface area contributed by atoms with Crippen LogP contribution in [0.2, 0.25) is 0 Å². The fourth-order valence-corrected chi connectivity index (χ4v) is 4.24. The van der Waals surface area contributed by atoms with Crippen LogP contribution in [0.1, 0.15) is 29.8 Å². The van der Waals surface area contributed by atoms with Gasteiger partial charge in [0.25, 0.3) is 6.43 Å². The van der Waals surface area contributed by atoms with Crippen LogP contribution in [0.5, 0.6) is 0 Å². The first kappa shape index (κ1) is 17.1. The number of rotatable bonds is 5. The van der Waals surface area contributed by atoms with Crippen molar-refractivity contribution in [2.75, 3.05) is 13.1 Å². The molecule has 2 fully saturated rings. The standard InChI is InChI=1S/C17H20BrF2N5/c1-23-6-11(16(22-23)17(19)20)7-24-9-15-4-14(24)10-25(15)8-13-3-2-12(18)5-21-13/h2-3,5-6,14-15,17H,4,7-10H2,1H3. The van der Waals surface area contributed by atoms with Crippen molar-refractivity contribution in [1.82, 2.24) is 24.6 Å². The Morgan fingerprint density at radius 3 is 2.52 bits per heavy atom. The SMILES string of the molecule is Cn1cc(CN2CC3CC2CN3Cc2ccc(Br)cn2)c(C(F)F)n1. The number of aryl methyl sites for hydroxylation is 1. The average molecular weight is 412 g/mol. The number of hydrogen-bond donors (Lipinski definition) is 0. The molecule has 0 aliphatic carbocycles. The summed E-state index contributed by atoms with van der Waals surface area (Å²) in [5.41, 5.74) is 1.63. The highest BCUT2D eigenvalue weighted by atomic mass is 79.9. The van der Waals surface area contributed by atoms with Gasteiger partial charge in [0.15, 0.2) is 0 Å². The fraction of sp³-hybridized carbons (Fsp3) is 0.529. The Labute approximate surface area is 153 Å². The summed E-state index contributed by atoms with van der Waals surface area (Å²) in [6, 6.07) is 4.95. The van der Waals surface area contributed by atoms with Crippen molar-refractivity contribution in [2.24, 2.45) is 7.05 Å². The minimum absolute atomic E-state index is 0.0822. The molecule has 8 heteroatoms. The molecule has 2 aromatic rings. The van der Waals surface area contributed by atoms with Gasteiger partial charge in [-0.1, -0.05) is 0 Å². The van der Waals surface area contributed by atoms with Gasteiger partial charge in [-0.05, 0) is 34.5 Å². The molecular weight excluding hydrogens is 392 g/mol. The Hall–Kier alpha value is -1.38. The number of halogens is 3. The lowest BCUT2D eigenvalue weighted by atomic mass is 10.2. The molecule has 2 saturated heterocycles. The maximum atomic E-state index is 13.1. The zero-order chi connectivity index (χ0) is 17.6. The van der Waals surface area contributed by atoms with E-state index in [2.05, 4.69) is 35.8 Å². The van der Waals surface area contributed by atoms with E-state index in [1.165, 1.54) is 4.68 Å². The van der Waals surface area contributed by atoms with Crippen LogP contribution in [0.4, 0.5) is 8.78 Å². The molecule has 2 bridgehead atoms. The van der Waals surface area contributed by atoms with Gasteiger partial charge < -0.3 is 0 Å². The first-order chi connectivity index (χ1) is 12.0. The summed E-state index contributed by atoms with van der Waals surface area (Å²) < 4.78 is 28.7. The normalized spacial score (nSPS) is 23.9. The largest absolute Gasteiger partial charge is 0.293 e. The number of alkyl halides is 2. The van der Waals surface area contributed by atoms with Gasteiger partial charge in [-0.15, -0.1) is 0 Å². The average Bonchev–Trinajstić information content (AvgIpc) is 3.24. The quantitative estimate of drug-likeness (QED) is 0.757. The predicted molar refractivity (Wildman–Crippen MR) is 93.1 cm³/mol. The van der Waals surface area contributed by atoms with Gasteiger partial charge in [-0.2, -0.15) is 5.10 Å². The predicted octanol–water partition coefficient (Wildman–Crippen LogP) is 2.97. The topological polar surface area (TPSA) is 37.2 Å². The van der Waals surface area contributed by atoms with Crippen LogP contribution in [0.15, 0.2) is 29.0 Å². The summed E-state index contributed by atoms with van der Waals surface area (Å²) >= 11 is 3.40. The lowest BCUT2D eigenvalue weighted by molar-refractivity contribution is 0.113. The van der Waals surface area contributed by atoms with Crippen molar-refractivity contribution >= 4 is 15.9 Å². The third-order valence-electron chi connectivity index (χ3n) is 5.14. The molecule has 2 aromatic heterocycles. The number of piperazine rings is 1. The van der Waals surface area contributed by atoms with Crippen molar-refractivity contribution in [3.8, 4) is 0 Å². The van der Waals surface area contributed by atoms with Crippen molar-refractivity contribution in [1.29, 1.82) is 0 Å². The lowest BCUT2D eigenvalue weighted by Crippen LogP contribution is -2.45. The first-order valence-electron chi connectivity index (χ1n) is 8.38. The molecule has 0 spiro atoms. The van der Waals surface area contributed by atoms with E-state index in [0.29, 0.717) is 24.2 Å². The highest BCUT2D eigenvalue weighted by Gasteiger charge is 2.43. The number of fused-ring (bicyclic) bond motifs is 2. The Kier molecular flexibility index (Phi) is 4.59. The van der Waals surface area contributed by atoms with Crippen LogP contribution >= 0.6 is 15.9 Å². The van der Waals surface area contributed by atoms with E-state index >= 15 is 0 Å². The third-order valence-corrected chi connectivity index (χ3v) is 5.61. The van der Waals surface area contributed by atoms with Crippen molar-refractivity contribution in [3.63, 3.8) is 0 Å². The van der Waals surface area contributed by atoms with Gasteiger partial charge in [0, 0.05) is 67.7 Å². The maximum absolute atomic E-state index is 13.1. The second-order valence-electron chi connectivity index (χ2n) is 6.88. The molecule has 134 valence electrons. The molecule has 0 saturated carbocycles. The van der Waals surface area contributed by atoms with Crippen molar-refractivity contribution < 1.29 is 8.78 Å².